The van der Waals surface area contributed by atoms with Crippen LogP contribution in [0.2, 0.25) is 0 Å². The van der Waals surface area contributed by atoms with Gasteiger partial charge in [0.1, 0.15) is 5.75 Å². The molecule has 2 aromatic carbocycles. The van der Waals surface area contributed by atoms with Crippen LogP contribution in [0.15, 0.2) is 42.5 Å². The second kappa shape index (κ2) is 11.1. The Balaban J connectivity index is 2.11. The molecule has 0 saturated heterocycles. The van der Waals surface area contributed by atoms with Crippen molar-refractivity contribution in [2.24, 2.45) is 0 Å². The Morgan fingerprint density at radius 3 is 2.12 bits per heavy atom. The molecule has 2 rings (SSSR count). The second-order valence-electron chi connectivity index (χ2n) is 7.32. The normalized spacial score (nSPS) is 13.1. The van der Waals surface area contributed by atoms with Gasteiger partial charge in [-0.2, -0.15) is 0 Å². The third-order valence-corrected chi connectivity index (χ3v) is 6.38. The summed E-state index contributed by atoms with van der Waals surface area (Å²) in [5.41, 5.74) is 1.42. The number of hydrogen-bond donors (Lipinski definition) is 1. The van der Waals surface area contributed by atoms with Crippen molar-refractivity contribution in [3.63, 3.8) is 0 Å². The smallest absolute Gasteiger partial charge is 0.261 e. The van der Waals surface area contributed by atoms with Crippen molar-refractivity contribution < 1.29 is 27.4 Å². The highest BCUT2D eigenvalue weighted by molar-refractivity contribution is 7.92. The average molecular weight is 465 g/mol. The second-order valence-corrected chi connectivity index (χ2v) is 9.34. The summed E-state index contributed by atoms with van der Waals surface area (Å²) in [5, 5.41) is 3.04. The van der Waals surface area contributed by atoms with Gasteiger partial charge in [0.05, 0.1) is 32.2 Å². The Morgan fingerprint density at radius 1 is 1.00 bits per heavy atom. The van der Waals surface area contributed by atoms with Crippen LogP contribution < -0.4 is 23.8 Å². The molecule has 2 atom stereocenters. The van der Waals surface area contributed by atoms with Crippen LogP contribution in [0.4, 0.5) is 5.69 Å². The number of hydrogen-bond acceptors (Lipinski definition) is 6. The van der Waals surface area contributed by atoms with E-state index < -0.39 is 16.1 Å². The highest BCUT2D eigenvalue weighted by Gasteiger charge is 2.23. The Bertz CT molecular complexity index is 1010. The number of sulfonamides is 1. The number of carbonyl (C=O) groups excluding carboxylic acids is 1. The monoisotopic (exact) mass is 464 g/mol. The minimum absolute atomic E-state index is 0.217. The lowest BCUT2D eigenvalue weighted by atomic mass is 10.0. The first kappa shape index (κ1) is 25.3. The predicted molar refractivity (Wildman–Crippen MR) is 125 cm³/mol. The standard InChI is InChI=1S/C23H32N2O6S/c1-7-19(16-9-14-21(29-4)22(15-16)30-5)24-23(26)20(8-2)31-18-12-10-17(11-13-18)25(3)32(6,27)28/h9-15,19-20H,7-8H2,1-6H3,(H,24,26). The molecule has 0 aromatic heterocycles. The summed E-state index contributed by atoms with van der Waals surface area (Å²) < 4.78 is 41.1. The van der Waals surface area contributed by atoms with Gasteiger partial charge >= 0.3 is 0 Å². The van der Waals surface area contributed by atoms with Gasteiger partial charge < -0.3 is 19.5 Å². The molecule has 0 heterocycles. The number of benzene rings is 2. The molecule has 0 aliphatic carbocycles. The van der Waals surface area contributed by atoms with Gasteiger partial charge in [-0.15, -0.1) is 0 Å². The lowest BCUT2D eigenvalue weighted by Gasteiger charge is -2.23. The molecule has 2 aromatic rings. The fourth-order valence-electron chi connectivity index (χ4n) is 3.17. The van der Waals surface area contributed by atoms with E-state index in [1.807, 2.05) is 32.0 Å². The highest BCUT2D eigenvalue weighted by atomic mass is 32.2. The lowest BCUT2D eigenvalue weighted by Crippen LogP contribution is -2.40. The molecule has 32 heavy (non-hydrogen) atoms. The summed E-state index contributed by atoms with van der Waals surface area (Å²) in [4.78, 5) is 12.9. The first-order chi connectivity index (χ1) is 15.1. The van der Waals surface area contributed by atoms with Crippen LogP contribution in [-0.2, 0) is 14.8 Å². The van der Waals surface area contributed by atoms with Crippen molar-refractivity contribution in [3.05, 3.63) is 48.0 Å². The van der Waals surface area contributed by atoms with E-state index in [0.29, 0.717) is 35.8 Å². The van der Waals surface area contributed by atoms with E-state index in [1.165, 1.54) is 11.4 Å². The van der Waals surface area contributed by atoms with Crippen LogP contribution in [0.25, 0.3) is 0 Å². The van der Waals surface area contributed by atoms with Gasteiger partial charge in [-0.1, -0.05) is 19.9 Å². The minimum atomic E-state index is -3.35. The number of nitrogens with one attached hydrogen (secondary N) is 1. The van der Waals surface area contributed by atoms with E-state index in [1.54, 1.807) is 38.5 Å². The molecule has 9 heteroatoms. The number of anilines is 1. The van der Waals surface area contributed by atoms with Gasteiger partial charge in [0.25, 0.3) is 5.91 Å². The molecule has 176 valence electrons. The van der Waals surface area contributed by atoms with E-state index in [0.717, 1.165) is 11.8 Å². The van der Waals surface area contributed by atoms with Crippen LogP contribution in [0.5, 0.6) is 17.2 Å². The predicted octanol–water partition coefficient (Wildman–Crippen LogP) is 3.52. The van der Waals surface area contributed by atoms with E-state index >= 15 is 0 Å². The molecule has 0 aliphatic rings. The molecule has 0 radical (unpaired) electrons. The van der Waals surface area contributed by atoms with E-state index in [-0.39, 0.29) is 11.9 Å². The van der Waals surface area contributed by atoms with E-state index in [9.17, 15) is 13.2 Å². The molecule has 0 aliphatic heterocycles. The molecule has 0 fully saturated rings. The topological polar surface area (TPSA) is 94.2 Å². The molecule has 8 nitrogen and oxygen atoms in total. The van der Waals surface area contributed by atoms with Crippen LogP contribution in [0.1, 0.15) is 38.3 Å². The molecule has 0 saturated carbocycles. The Hall–Kier alpha value is -2.94. The average Bonchev–Trinajstić information content (AvgIpc) is 2.79. The lowest BCUT2D eigenvalue weighted by molar-refractivity contribution is -0.128. The zero-order valence-corrected chi connectivity index (χ0v) is 20.2. The summed E-state index contributed by atoms with van der Waals surface area (Å²) in [5.74, 6) is 1.47. The Labute approximate surface area is 190 Å². The fourth-order valence-corrected chi connectivity index (χ4v) is 3.67. The van der Waals surface area contributed by atoms with Crippen molar-refractivity contribution in [1.82, 2.24) is 5.32 Å². The minimum Gasteiger partial charge on any atom is -0.493 e. The van der Waals surface area contributed by atoms with Gasteiger partial charge in [0.15, 0.2) is 17.6 Å². The summed E-state index contributed by atoms with van der Waals surface area (Å²) >= 11 is 0. The van der Waals surface area contributed by atoms with Crippen LogP contribution in [0, 0.1) is 0 Å². The van der Waals surface area contributed by atoms with Gasteiger partial charge in [0, 0.05) is 7.05 Å². The quantitative estimate of drug-likeness (QED) is 0.547. The third kappa shape index (κ3) is 6.29. The zero-order chi connectivity index (χ0) is 23.9. The Kier molecular flexibility index (Phi) is 8.77. The summed E-state index contributed by atoms with van der Waals surface area (Å²) in [6, 6.07) is 11.9. The molecule has 1 amide bonds. The number of carbonyl (C=O) groups is 1. The maximum Gasteiger partial charge on any atom is 0.261 e. The van der Waals surface area contributed by atoms with E-state index in [4.69, 9.17) is 14.2 Å². The zero-order valence-electron chi connectivity index (χ0n) is 19.4. The first-order valence-corrected chi connectivity index (χ1v) is 12.2. The third-order valence-electron chi connectivity index (χ3n) is 5.17. The van der Waals surface area contributed by atoms with Gasteiger partial charge in [-0.05, 0) is 54.8 Å². The van der Waals surface area contributed by atoms with Crippen molar-refractivity contribution >= 4 is 21.6 Å². The number of ether oxygens (including phenoxy) is 3. The van der Waals surface area contributed by atoms with Gasteiger partial charge in [-0.3, -0.25) is 9.10 Å². The number of nitrogens with zero attached hydrogens (tertiary/aromatic N) is 1. The maximum atomic E-state index is 12.9. The number of methoxy groups -OCH3 is 2. The van der Waals surface area contributed by atoms with Crippen LogP contribution in [-0.4, -0.2) is 48.0 Å². The number of amides is 1. The summed E-state index contributed by atoms with van der Waals surface area (Å²) in [6.07, 6.45) is 1.60. The van der Waals surface area contributed by atoms with Crippen molar-refractivity contribution in [2.45, 2.75) is 38.8 Å². The molecule has 0 spiro atoms. The summed E-state index contributed by atoms with van der Waals surface area (Å²) in [7, 11) is 1.27. The first-order valence-electron chi connectivity index (χ1n) is 10.4. The molecule has 1 N–H and O–H groups in total. The fraction of sp³-hybridized carbons (Fsp3) is 0.435. The SMILES string of the molecule is CCC(Oc1ccc(N(C)S(C)(=O)=O)cc1)C(=O)NC(CC)c1ccc(OC)c(OC)c1. The van der Waals surface area contributed by atoms with Crippen molar-refractivity contribution in [2.75, 3.05) is 31.8 Å². The summed E-state index contributed by atoms with van der Waals surface area (Å²) in [6.45, 7) is 3.86. The highest BCUT2D eigenvalue weighted by Crippen LogP contribution is 2.31. The van der Waals surface area contributed by atoms with Gasteiger partial charge in [0.2, 0.25) is 10.0 Å². The van der Waals surface area contributed by atoms with Crippen molar-refractivity contribution in [1.29, 1.82) is 0 Å². The maximum absolute atomic E-state index is 12.9. The number of rotatable bonds is 11. The van der Waals surface area contributed by atoms with Crippen LogP contribution in [0.3, 0.4) is 0 Å². The molecule has 2 unspecified atom stereocenters. The van der Waals surface area contributed by atoms with E-state index in [2.05, 4.69) is 5.32 Å². The van der Waals surface area contributed by atoms with Crippen LogP contribution >= 0.6 is 0 Å². The van der Waals surface area contributed by atoms with Gasteiger partial charge in [-0.25, -0.2) is 8.42 Å². The van der Waals surface area contributed by atoms with Crippen molar-refractivity contribution in [3.8, 4) is 17.2 Å². The molecule has 0 bridgehead atoms. The largest absolute Gasteiger partial charge is 0.493 e. The Morgan fingerprint density at radius 2 is 1.62 bits per heavy atom. The molecular weight excluding hydrogens is 432 g/mol. The molecular formula is C23H32N2O6S.